The number of carbonyl (C=O) groups excluding carboxylic acids is 1. The Morgan fingerprint density at radius 3 is 2.63 bits per heavy atom. The molecule has 1 unspecified atom stereocenters. The highest BCUT2D eigenvalue weighted by Gasteiger charge is 2.18. The Morgan fingerprint density at radius 1 is 1.42 bits per heavy atom. The Labute approximate surface area is 115 Å². The number of hydrogen-bond donors (Lipinski definition) is 2. The third kappa shape index (κ3) is 4.63. The van der Waals surface area contributed by atoms with Crippen molar-refractivity contribution in [2.45, 2.75) is 39.7 Å². The van der Waals surface area contributed by atoms with Crippen molar-refractivity contribution in [3.8, 4) is 0 Å². The lowest BCUT2D eigenvalue weighted by atomic mass is 10.0. The lowest BCUT2D eigenvalue weighted by Crippen LogP contribution is -2.43. The largest absolute Gasteiger partial charge is 0.348 e. The van der Waals surface area contributed by atoms with Crippen molar-refractivity contribution in [1.29, 1.82) is 0 Å². The number of H-pyrrole nitrogens is 1. The van der Waals surface area contributed by atoms with Crippen molar-refractivity contribution in [2.75, 3.05) is 20.6 Å². The summed E-state index contributed by atoms with van der Waals surface area (Å²) in [4.78, 5) is 18.2. The molecule has 0 aliphatic carbocycles. The van der Waals surface area contributed by atoms with Gasteiger partial charge >= 0.3 is 0 Å². The molecule has 2 N–H and O–H groups in total. The monoisotopic (exact) mass is 267 g/mol. The first-order valence-corrected chi connectivity index (χ1v) is 6.81. The van der Waals surface area contributed by atoms with Gasteiger partial charge in [-0.1, -0.05) is 20.8 Å². The number of likely N-dealkylation sites (N-methyl/N-ethyl adjacent to an activating group) is 1. The van der Waals surface area contributed by atoms with Gasteiger partial charge in [0.15, 0.2) is 0 Å². The minimum Gasteiger partial charge on any atom is -0.348 e. The number of hydrogen-bond acceptors (Lipinski definition) is 4. The number of carbonyl (C=O) groups is 1. The van der Waals surface area contributed by atoms with Gasteiger partial charge in [0.25, 0.3) is 5.91 Å². The number of amides is 1. The molecule has 0 bridgehead atoms. The van der Waals surface area contributed by atoms with E-state index in [1.807, 2.05) is 14.1 Å². The predicted molar refractivity (Wildman–Crippen MR) is 75.0 cm³/mol. The Balaban J connectivity index is 2.54. The fraction of sp³-hybridized carbons (Fsp3) is 0.769. The van der Waals surface area contributed by atoms with E-state index in [2.05, 4.69) is 46.2 Å². The second-order valence-corrected chi connectivity index (χ2v) is 5.34. The molecule has 6 nitrogen and oxygen atoms in total. The highest BCUT2D eigenvalue weighted by atomic mass is 16.2. The maximum absolute atomic E-state index is 11.9. The Hall–Kier alpha value is -1.43. The molecule has 0 saturated carbocycles. The summed E-state index contributed by atoms with van der Waals surface area (Å²) in [5, 5.41) is 9.62. The van der Waals surface area contributed by atoms with E-state index in [0.717, 1.165) is 18.7 Å². The lowest BCUT2D eigenvalue weighted by Gasteiger charge is -2.27. The van der Waals surface area contributed by atoms with Gasteiger partial charge in [0, 0.05) is 19.0 Å². The van der Waals surface area contributed by atoms with Gasteiger partial charge in [-0.05, 0) is 26.4 Å². The highest BCUT2D eigenvalue weighted by Crippen LogP contribution is 2.06. The number of aryl methyl sites for hydroxylation is 1. The molecule has 1 rings (SSSR count). The molecule has 0 aromatic carbocycles. The summed E-state index contributed by atoms with van der Waals surface area (Å²) < 4.78 is 0. The summed E-state index contributed by atoms with van der Waals surface area (Å²) in [6.07, 6.45) is 1.79. The molecule has 1 aromatic heterocycles. The van der Waals surface area contributed by atoms with Crippen LogP contribution in [0.5, 0.6) is 0 Å². The van der Waals surface area contributed by atoms with Crippen LogP contribution in [0.15, 0.2) is 0 Å². The minimum atomic E-state index is -0.217. The van der Waals surface area contributed by atoms with Crippen LogP contribution in [0, 0.1) is 5.92 Å². The Bertz CT molecular complexity index is 391. The summed E-state index contributed by atoms with van der Waals surface area (Å²) in [6, 6.07) is 0.304. The van der Waals surface area contributed by atoms with Crippen molar-refractivity contribution < 1.29 is 4.79 Å². The van der Waals surface area contributed by atoms with Crippen LogP contribution < -0.4 is 5.32 Å². The molecule has 108 valence electrons. The van der Waals surface area contributed by atoms with E-state index in [1.54, 1.807) is 0 Å². The normalized spacial score (nSPS) is 13.0. The molecule has 1 amide bonds. The molecule has 0 spiro atoms. The second-order valence-electron chi connectivity index (χ2n) is 5.34. The summed E-state index contributed by atoms with van der Waals surface area (Å²) in [6.45, 7) is 6.94. The average Bonchev–Trinajstić information content (AvgIpc) is 2.77. The van der Waals surface area contributed by atoms with Gasteiger partial charge in [-0.3, -0.25) is 9.89 Å². The zero-order valence-electron chi connectivity index (χ0n) is 12.5. The third-order valence-corrected chi connectivity index (χ3v) is 3.13. The summed E-state index contributed by atoms with van der Waals surface area (Å²) in [7, 11) is 4.03. The number of nitrogens with one attached hydrogen (secondary N) is 2. The van der Waals surface area contributed by atoms with Crippen LogP contribution in [0.2, 0.25) is 0 Å². The Morgan fingerprint density at radius 2 is 2.11 bits per heavy atom. The number of aromatic nitrogens is 3. The quantitative estimate of drug-likeness (QED) is 0.775. The van der Waals surface area contributed by atoms with E-state index in [4.69, 9.17) is 0 Å². The molecule has 0 fully saturated rings. The second kappa shape index (κ2) is 7.23. The molecule has 1 aromatic rings. The topological polar surface area (TPSA) is 73.9 Å². The molecule has 1 atom stereocenters. The molecular weight excluding hydrogens is 242 g/mol. The molecule has 0 aliphatic heterocycles. The lowest BCUT2D eigenvalue weighted by molar-refractivity contribution is 0.0924. The van der Waals surface area contributed by atoms with Crippen LogP contribution >= 0.6 is 0 Å². The maximum atomic E-state index is 11.9. The molecular formula is C13H25N5O. The first-order chi connectivity index (χ1) is 8.95. The zero-order valence-corrected chi connectivity index (χ0v) is 12.5. The zero-order chi connectivity index (χ0) is 14.4. The van der Waals surface area contributed by atoms with Crippen LogP contribution in [-0.4, -0.2) is 52.7 Å². The SMILES string of the molecule is CCCc1nc(C(=O)NCC(C(C)C)N(C)C)n[nH]1. The first-order valence-electron chi connectivity index (χ1n) is 6.81. The number of nitrogens with zero attached hydrogens (tertiary/aromatic N) is 3. The molecule has 0 saturated heterocycles. The molecule has 6 heteroatoms. The van der Waals surface area contributed by atoms with Crippen molar-refractivity contribution in [3.63, 3.8) is 0 Å². The van der Waals surface area contributed by atoms with Gasteiger partial charge in [0.05, 0.1) is 0 Å². The molecule has 0 radical (unpaired) electrons. The molecule has 0 aliphatic rings. The van der Waals surface area contributed by atoms with Crippen LogP contribution in [0.3, 0.4) is 0 Å². The van der Waals surface area contributed by atoms with Crippen molar-refractivity contribution in [3.05, 3.63) is 11.6 Å². The van der Waals surface area contributed by atoms with E-state index in [-0.39, 0.29) is 11.7 Å². The van der Waals surface area contributed by atoms with E-state index < -0.39 is 0 Å². The molecule has 1 heterocycles. The van der Waals surface area contributed by atoms with E-state index in [1.165, 1.54) is 0 Å². The van der Waals surface area contributed by atoms with Gasteiger partial charge < -0.3 is 10.2 Å². The predicted octanol–water partition coefficient (Wildman–Crippen LogP) is 1.07. The fourth-order valence-electron chi connectivity index (χ4n) is 2.04. The van der Waals surface area contributed by atoms with Crippen LogP contribution in [0.1, 0.15) is 43.6 Å². The smallest absolute Gasteiger partial charge is 0.291 e. The van der Waals surface area contributed by atoms with Crippen LogP contribution in [0.25, 0.3) is 0 Å². The maximum Gasteiger partial charge on any atom is 0.291 e. The average molecular weight is 267 g/mol. The first kappa shape index (κ1) is 15.6. The van der Waals surface area contributed by atoms with E-state index in [9.17, 15) is 4.79 Å². The van der Waals surface area contributed by atoms with E-state index in [0.29, 0.717) is 18.5 Å². The fourth-order valence-corrected chi connectivity index (χ4v) is 2.04. The van der Waals surface area contributed by atoms with Gasteiger partial charge in [0.2, 0.25) is 5.82 Å². The van der Waals surface area contributed by atoms with Crippen molar-refractivity contribution in [2.24, 2.45) is 5.92 Å². The Kier molecular flexibility index (Phi) is 5.95. The third-order valence-electron chi connectivity index (χ3n) is 3.13. The number of rotatable bonds is 7. The molecule has 19 heavy (non-hydrogen) atoms. The summed E-state index contributed by atoms with van der Waals surface area (Å²) in [5.41, 5.74) is 0. The van der Waals surface area contributed by atoms with Crippen molar-refractivity contribution in [1.82, 2.24) is 25.4 Å². The van der Waals surface area contributed by atoms with Crippen molar-refractivity contribution >= 4 is 5.91 Å². The van der Waals surface area contributed by atoms with Crippen LogP contribution in [0.4, 0.5) is 0 Å². The van der Waals surface area contributed by atoms with Gasteiger partial charge in [0.1, 0.15) is 5.82 Å². The summed E-state index contributed by atoms with van der Waals surface area (Å²) in [5.74, 6) is 1.24. The standard InChI is InChI=1S/C13H25N5O/c1-6-7-11-15-12(17-16-11)13(19)14-8-10(9(2)3)18(4)5/h9-10H,6-8H2,1-5H3,(H,14,19)(H,15,16,17). The van der Waals surface area contributed by atoms with Gasteiger partial charge in [-0.15, -0.1) is 5.10 Å². The number of aromatic amines is 1. The summed E-state index contributed by atoms with van der Waals surface area (Å²) >= 11 is 0. The van der Waals surface area contributed by atoms with Gasteiger partial charge in [-0.25, -0.2) is 4.98 Å². The minimum absolute atomic E-state index is 0.217. The highest BCUT2D eigenvalue weighted by molar-refractivity contribution is 5.90. The van der Waals surface area contributed by atoms with Crippen LogP contribution in [-0.2, 0) is 6.42 Å². The van der Waals surface area contributed by atoms with E-state index >= 15 is 0 Å². The van der Waals surface area contributed by atoms with Gasteiger partial charge in [-0.2, -0.15) is 0 Å².